The third kappa shape index (κ3) is 3.75. The van der Waals surface area contributed by atoms with E-state index in [4.69, 9.17) is 10.00 Å². The molecule has 3 heteroatoms. The molecule has 18 heavy (non-hydrogen) atoms. The molecule has 1 rings (SSSR count). The molecule has 0 aromatic heterocycles. The fraction of sp³-hybridized carbons (Fsp3) is 0.533. The Morgan fingerprint density at radius 3 is 2.56 bits per heavy atom. The van der Waals surface area contributed by atoms with Gasteiger partial charge in [0.25, 0.3) is 0 Å². The third-order valence-corrected chi connectivity index (χ3v) is 2.85. The van der Waals surface area contributed by atoms with E-state index in [0.29, 0.717) is 6.61 Å². The topological polar surface area (TPSA) is 45.0 Å². The monoisotopic (exact) mass is 246 g/mol. The zero-order valence-electron chi connectivity index (χ0n) is 11.9. The van der Waals surface area contributed by atoms with Crippen LogP contribution in [0.5, 0.6) is 5.75 Å². The molecule has 1 atom stereocenters. The van der Waals surface area contributed by atoms with Gasteiger partial charge >= 0.3 is 0 Å². The van der Waals surface area contributed by atoms with Gasteiger partial charge < -0.3 is 10.1 Å². The minimum Gasteiger partial charge on any atom is -0.491 e. The second-order valence-corrected chi connectivity index (χ2v) is 5.53. The minimum atomic E-state index is -0.279. The molecule has 1 unspecified atom stereocenters. The molecule has 0 fully saturated rings. The third-order valence-electron chi connectivity index (χ3n) is 2.85. The van der Waals surface area contributed by atoms with Gasteiger partial charge in [-0.2, -0.15) is 5.26 Å². The first kappa shape index (κ1) is 14.5. The van der Waals surface area contributed by atoms with E-state index in [9.17, 15) is 0 Å². The Labute approximate surface area is 110 Å². The fourth-order valence-electron chi connectivity index (χ4n) is 1.73. The molecule has 98 valence electrons. The lowest BCUT2D eigenvalue weighted by atomic mass is 9.86. The Kier molecular flexibility index (Phi) is 4.75. The van der Waals surface area contributed by atoms with E-state index >= 15 is 0 Å². The number of ether oxygens (including phenoxy) is 1. The number of hydrogen-bond donors (Lipinski definition) is 1. The maximum Gasteiger partial charge on any atom is 0.129 e. The molecule has 0 aliphatic heterocycles. The highest BCUT2D eigenvalue weighted by Crippen LogP contribution is 2.32. The van der Waals surface area contributed by atoms with Crippen molar-refractivity contribution < 1.29 is 4.74 Å². The standard InChI is InChI=1S/C15H22N2O/c1-11-6-7-13(15(2,3)4)14(8-11)18-10-12(9-16)17-5/h6-8,12,17H,10H2,1-5H3. The lowest BCUT2D eigenvalue weighted by molar-refractivity contribution is 0.287. The van der Waals surface area contributed by atoms with Crippen LogP contribution in [0.4, 0.5) is 0 Å². The first-order chi connectivity index (χ1) is 8.38. The molecule has 1 aromatic carbocycles. The number of rotatable bonds is 4. The number of likely N-dealkylation sites (N-methyl/N-ethyl adjacent to an activating group) is 1. The van der Waals surface area contributed by atoms with Crippen molar-refractivity contribution in [3.63, 3.8) is 0 Å². The van der Waals surface area contributed by atoms with Crippen molar-refractivity contribution in [2.75, 3.05) is 13.7 Å². The Morgan fingerprint density at radius 1 is 1.39 bits per heavy atom. The van der Waals surface area contributed by atoms with Crippen molar-refractivity contribution in [3.05, 3.63) is 29.3 Å². The maximum atomic E-state index is 8.90. The van der Waals surface area contributed by atoms with Crippen molar-refractivity contribution in [2.45, 2.75) is 39.2 Å². The van der Waals surface area contributed by atoms with E-state index in [2.05, 4.69) is 44.3 Å². The van der Waals surface area contributed by atoms with Crippen LogP contribution in [-0.4, -0.2) is 19.7 Å². The van der Waals surface area contributed by atoms with Crippen LogP contribution >= 0.6 is 0 Å². The number of benzene rings is 1. The fourth-order valence-corrected chi connectivity index (χ4v) is 1.73. The van der Waals surface area contributed by atoms with E-state index in [-0.39, 0.29) is 11.5 Å². The van der Waals surface area contributed by atoms with Gasteiger partial charge in [-0.15, -0.1) is 0 Å². The minimum absolute atomic E-state index is 0.0326. The first-order valence-electron chi connectivity index (χ1n) is 6.19. The number of nitrogens with one attached hydrogen (secondary N) is 1. The molecule has 3 nitrogen and oxygen atoms in total. The molecular weight excluding hydrogens is 224 g/mol. The summed E-state index contributed by atoms with van der Waals surface area (Å²) in [6, 6.07) is 8.10. The van der Waals surface area contributed by atoms with Gasteiger partial charge in [-0.3, -0.25) is 0 Å². The molecule has 1 aromatic rings. The summed E-state index contributed by atoms with van der Waals surface area (Å²) in [5.41, 5.74) is 2.36. The predicted molar refractivity (Wildman–Crippen MR) is 73.8 cm³/mol. The summed E-state index contributed by atoms with van der Waals surface area (Å²) >= 11 is 0. The summed E-state index contributed by atoms with van der Waals surface area (Å²) in [6.45, 7) is 8.87. The van der Waals surface area contributed by atoms with Crippen molar-refractivity contribution in [3.8, 4) is 11.8 Å². The molecule has 0 amide bonds. The van der Waals surface area contributed by atoms with Gasteiger partial charge in [0.05, 0.1) is 6.07 Å². The van der Waals surface area contributed by atoms with Gasteiger partial charge in [-0.25, -0.2) is 0 Å². The maximum absolute atomic E-state index is 8.90. The zero-order valence-corrected chi connectivity index (χ0v) is 11.9. The van der Waals surface area contributed by atoms with Crippen LogP contribution < -0.4 is 10.1 Å². The second kappa shape index (κ2) is 5.88. The average molecular weight is 246 g/mol. The molecule has 0 aliphatic carbocycles. The average Bonchev–Trinajstić information content (AvgIpc) is 2.28. The molecule has 0 aliphatic rings. The summed E-state index contributed by atoms with van der Waals surface area (Å²) in [5, 5.41) is 11.8. The quantitative estimate of drug-likeness (QED) is 0.888. The van der Waals surface area contributed by atoms with Gasteiger partial charge in [0.15, 0.2) is 0 Å². The normalized spacial score (nSPS) is 12.9. The molecule has 0 heterocycles. The van der Waals surface area contributed by atoms with E-state index in [1.54, 1.807) is 7.05 Å². The van der Waals surface area contributed by atoms with Crippen molar-refractivity contribution >= 4 is 0 Å². The highest BCUT2D eigenvalue weighted by Gasteiger charge is 2.19. The van der Waals surface area contributed by atoms with E-state index < -0.39 is 0 Å². The largest absolute Gasteiger partial charge is 0.491 e. The van der Waals surface area contributed by atoms with E-state index in [1.165, 1.54) is 5.56 Å². The van der Waals surface area contributed by atoms with Crippen LogP contribution in [0.25, 0.3) is 0 Å². The lowest BCUT2D eigenvalue weighted by Crippen LogP contribution is -2.30. The second-order valence-electron chi connectivity index (χ2n) is 5.53. The van der Waals surface area contributed by atoms with Crippen molar-refractivity contribution in [1.82, 2.24) is 5.32 Å². The van der Waals surface area contributed by atoms with Crippen molar-refractivity contribution in [2.24, 2.45) is 0 Å². The number of hydrogen-bond acceptors (Lipinski definition) is 3. The smallest absolute Gasteiger partial charge is 0.129 e. The van der Waals surface area contributed by atoms with Gasteiger partial charge in [0.2, 0.25) is 0 Å². The van der Waals surface area contributed by atoms with Crippen LogP contribution in [0.1, 0.15) is 31.9 Å². The molecule has 0 bridgehead atoms. The van der Waals surface area contributed by atoms with Gasteiger partial charge in [-0.05, 0) is 36.6 Å². The van der Waals surface area contributed by atoms with Crippen molar-refractivity contribution in [1.29, 1.82) is 5.26 Å². The van der Waals surface area contributed by atoms with Crippen LogP contribution in [0.15, 0.2) is 18.2 Å². The highest BCUT2D eigenvalue weighted by atomic mass is 16.5. The Balaban J connectivity index is 2.94. The predicted octanol–water partition coefficient (Wildman–Crippen LogP) is 2.78. The Hall–Kier alpha value is -1.53. The summed E-state index contributed by atoms with van der Waals surface area (Å²) in [7, 11) is 1.76. The number of nitrogens with zero attached hydrogens (tertiary/aromatic N) is 1. The van der Waals surface area contributed by atoms with Gasteiger partial charge in [-0.1, -0.05) is 32.9 Å². The van der Waals surface area contributed by atoms with Gasteiger partial charge in [0.1, 0.15) is 18.4 Å². The highest BCUT2D eigenvalue weighted by molar-refractivity contribution is 5.41. The molecule has 0 saturated carbocycles. The van der Waals surface area contributed by atoms with E-state index in [0.717, 1.165) is 11.3 Å². The first-order valence-corrected chi connectivity index (χ1v) is 6.19. The zero-order chi connectivity index (χ0) is 13.8. The summed E-state index contributed by atoms with van der Waals surface area (Å²) in [5.74, 6) is 0.873. The lowest BCUT2D eigenvalue weighted by Gasteiger charge is -2.23. The van der Waals surface area contributed by atoms with E-state index in [1.807, 2.05) is 13.0 Å². The summed E-state index contributed by atoms with van der Waals surface area (Å²) in [4.78, 5) is 0. The molecular formula is C15H22N2O. The molecule has 0 radical (unpaired) electrons. The summed E-state index contributed by atoms with van der Waals surface area (Å²) < 4.78 is 5.80. The number of aryl methyl sites for hydroxylation is 1. The SMILES string of the molecule is CNC(C#N)COc1cc(C)ccc1C(C)(C)C. The van der Waals surface area contributed by atoms with Crippen LogP contribution in [-0.2, 0) is 5.41 Å². The molecule has 0 spiro atoms. The Bertz CT molecular complexity index is 441. The van der Waals surface area contributed by atoms with Crippen LogP contribution in [0.3, 0.4) is 0 Å². The van der Waals surface area contributed by atoms with Crippen LogP contribution in [0, 0.1) is 18.3 Å². The Morgan fingerprint density at radius 2 is 2.06 bits per heavy atom. The van der Waals surface area contributed by atoms with Gasteiger partial charge in [0, 0.05) is 0 Å². The van der Waals surface area contributed by atoms with Crippen LogP contribution in [0.2, 0.25) is 0 Å². The molecule has 0 saturated heterocycles. The summed E-state index contributed by atoms with van der Waals surface area (Å²) in [6.07, 6.45) is 0. The number of nitriles is 1. The molecule has 1 N–H and O–H groups in total.